The fraction of sp³-hybridized carbons (Fsp3) is 0.500. The molecule has 0 saturated heterocycles. The van der Waals surface area contributed by atoms with Gasteiger partial charge in [0.25, 0.3) is 0 Å². The summed E-state index contributed by atoms with van der Waals surface area (Å²) in [5, 5.41) is 17.2. The van der Waals surface area contributed by atoms with Crippen LogP contribution in [0.1, 0.15) is 49.7 Å². The van der Waals surface area contributed by atoms with Gasteiger partial charge in [-0.2, -0.15) is 5.10 Å². The minimum atomic E-state index is 0.277. The minimum Gasteiger partial charge on any atom is -0.508 e. The van der Waals surface area contributed by atoms with Crippen LogP contribution in [0.15, 0.2) is 24.3 Å². The zero-order valence-electron chi connectivity index (χ0n) is 12.4. The Morgan fingerprint density at radius 2 is 1.90 bits per heavy atom. The van der Waals surface area contributed by atoms with E-state index in [1.54, 1.807) is 12.1 Å². The number of aryl methyl sites for hydroxylation is 1. The lowest BCUT2D eigenvalue weighted by Gasteiger charge is -2.18. The Morgan fingerprint density at radius 1 is 1.19 bits per heavy atom. The van der Waals surface area contributed by atoms with Crippen LogP contribution in [0.2, 0.25) is 0 Å². The van der Waals surface area contributed by atoms with Gasteiger partial charge in [0.2, 0.25) is 0 Å². The van der Waals surface area contributed by atoms with Crippen molar-refractivity contribution in [1.29, 1.82) is 0 Å². The second-order valence-corrected chi connectivity index (χ2v) is 5.75. The van der Waals surface area contributed by atoms with E-state index in [1.165, 1.54) is 32.1 Å². The summed E-state index contributed by atoms with van der Waals surface area (Å²) in [6, 6.07) is 7.06. The number of anilines is 1. The topological polar surface area (TPSA) is 63.0 Å². The third-order valence-electron chi connectivity index (χ3n) is 4.16. The van der Waals surface area contributed by atoms with Gasteiger partial charge >= 0.3 is 0 Å². The number of hydrogen-bond acceptors (Lipinski definition) is 4. The predicted molar refractivity (Wildman–Crippen MR) is 82.3 cm³/mol. The third kappa shape index (κ3) is 3.35. The van der Waals surface area contributed by atoms with E-state index in [4.69, 9.17) is 4.98 Å². The first-order chi connectivity index (χ1) is 10.2. The zero-order valence-corrected chi connectivity index (χ0v) is 12.4. The molecule has 0 unspecified atom stereocenters. The quantitative estimate of drug-likeness (QED) is 0.847. The van der Waals surface area contributed by atoms with E-state index >= 15 is 0 Å². The van der Waals surface area contributed by atoms with E-state index in [0.29, 0.717) is 12.5 Å². The molecule has 1 fully saturated rings. The van der Waals surface area contributed by atoms with Crippen molar-refractivity contribution in [2.45, 2.75) is 44.6 Å². The molecule has 5 nitrogen and oxygen atoms in total. The number of benzene rings is 1. The van der Waals surface area contributed by atoms with Crippen molar-refractivity contribution < 1.29 is 5.11 Å². The molecule has 2 N–H and O–H groups in total. The second-order valence-electron chi connectivity index (χ2n) is 5.75. The Balaban J connectivity index is 1.65. The van der Waals surface area contributed by atoms with Crippen LogP contribution in [0.3, 0.4) is 0 Å². The first kappa shape index (κ1) is 13.9. The molecule has 1 saturated carbocycles. The third-order valence-corrected chi connectivity index (χ3v) is 4.16. The van der Waals surface area contributed by atoms with Gasteiger partial charge < -0.3 is 10.4 Å². The van der Waals surface area contributed by atoms with Crippen molar-refractivity contribution in [2.24, 2.45) is 7.05 Å². The number of hydrogen-bond donors (Lipinski definition) is 2. The van der Waals surface area contributed by atoms with Crippen LogP contribution in [0, 0.1) is 0 Å². The van der Waals surface area contributed by atoms with E-state index < -0.39 is 0 Å². The summed E-state index contributed by atoms with van der Waals surface area (Å²) in [4.78, 5) is 4.71. The molecule has 0 bridgehead atoms. The number of phenolic OH excluding ortho intramolecular Hbond substituents is 1. The summed E-state index contributed by atoms with van der Waals surface area (Å²) < 4.78 is 1.87. The summed E-state index contributed by atoms with van der Waals surface area (Å²) in [7, 11) is 1.95. The number of aromatic hydroxyl groups is 1. The highest BCUT2D eigenvalue weighted by Crippen LogP contribution is 2.30. The fourth-order valence-corrected chi connectivity index (χ4v) is 2.89. The number of nitrogens with one attached hydrogen (secondary N) is 1. The lowest BCUT2D eigenvalue weighted by atomic mass is 9.89. The molecule has 0 spiro atoms. The Morgan fingerprint density at radius 3 is 2.62 bits per heavy atom. The Hall–Kier alpha value is -2.04. The van der Waals surface area contributed by atoms with Gasteiger partial charge in [-0.05, 0) is 37.1 Å². The van der Waals surface area contributed by atoms with Gasteiger partial charge in [-0.1, -0.05) is 19.3 Å². The number of rotatable bonds is 4. The van der Waals surface area contributed by atoms with Crippen molar-refractivity contribution in [3.63, 3.8) is 0 Å². The van der Waals surface area contributed by atoms with E-state index in [2.05, 4.69) is 10.4 Å². The molecule has 2 aromatic rings. The Bertz CT molecular complexity index is 585. The predicted octanol–water partition coefficient (Wildman–Crippen LogP) is 3.18. The minimum absolute atomic E-state index is 0.277. The van der Waals surface area contributed by atoms with Crippen molar-refractivity contribution in [3.8, 4) is 5.75 Å². The lowest BCUT2D eigenvalue weighted by molar-refractivity contribution is 0.427. The summed E-state index contributed by atoms with van der Waals surface area (Å²) in [5.74, 6) is 2.76. The molecule has 1 aromatic heterocycles. The maximum absolute atomic E-state index is 9.28. The summed E-state index contributed by atoms with van der Waals surface area (Å²) in [6.45, 7) is 0.640. The zero-order chi connectivity index (χ0) is 14.7. The van der Waals surface area contributed by atoms with Gasteiger partial charge in [0.05, 0.1) is 6.54 Å². The van der Waals surface area contributed by atoms with Crippen LogP contribution in [0.5, 0.6) is 5.75 Å². The highest BCUT2D eigenvalue weighted by molar-refractivity contribution is 5.45. The smallest absolute Gasteiger partial charge is 0.154 e. The molecule has 0 aliphatic heterocycles. The molecule has 0 atom stereocenters. The van der Waals surface area contributed by atoms with Gasteiger partial charge in [-0.3, -0.25) is 4.68 Å². The van der Waals surface area contributed by atoms with Crippen LogP contribution < -0.4 is 5.32 Å². The first-order valence-corrected chi connectivity index (χ1v) is 7.65. The molecule has 1 aromatic carbocycles. The largest absolute Gasteiger partial charge is 0.508 e. The summed E-state index contributed by atoms with van der Waals surface area (Å²) in [5.41, 5.74) is 0.968. The van der Waals surface area contributed by atoms with Gasteiger partial charge in [-0.15, -0.1) is 0 Å². The van der Waals surface area contributed by atoms with Crippen LogP contribution in [0.4, 0.5) is 5.69 Å². The Labute approximate surface area is 125 Å². The van der Waals surface area contributed by atoms with Crippen molar-refractivity contribution >= 4 is 5.69 Å². The van der Waals surface area contributed by atoms with E-state index in [-0.39, 0.29) is 5.75 Å². The molecular weight excluding hydrogens is 264 g/mol. The first-order valence-electron chi connectivity index (χ1n) is 7.65. The number of phenols is 1. The van der Waals surface area contributed by atoms with Gasteiger partial charge in [-0.25, -0.2) is 4.98 Å². The highest BCUT2D eigenvalue weighted by Gasteiger charge is 2.20. The maximum atomic E-state index is 9.28. The Kier molecular flexibility index (Phi) is 4.08. The van der Waals surface area contributed by atoms with Crippen molar-refractivity contribution in [2.75, 3.05) is 5.32 Å². The molecule has 21 heavy (non-hydrogen) atoms. The van der Waals surface area contributed by atoms with Crippen LogP contribution >= 0.6 is 0 Å². The molecule has 3 rings (SSSR count). The van der Waals surface area contributed by atoms with Crippen LogP contribution in [0.25, 0.3) is 0 Å². The van der Waals surface area contributed by atoms with E-state index in [0.717, 1.165) is 17.3 Å². The molecule has 5 heteroatoms. The molecule has 1 aliphatic carbocycles. The van der Waals surface area contributed by atoms with E-state index in [1.807, 2.05) is 23.9 Å². The average Bonchev–Trinajstić information content (AvgIpc) is 2.89. The monoisotopic (exact) mass is 286 g/mol. The summed E-state index contributed by atoms with van der Waals surface area (Å²) in [6.07, 6.45) is 6.37. The van der Waals surface area contributed by atoms with Gasteiger partial charge in [0.15, 0.2) is 5.82 Å². The molecule has 0 amide bonds. The summed E-state index contributed by atoms with van der Waals surface area (Å²) >= 11 is 0. The fourth-order valence-electron chi connectivity index (χ4n) is 2.89. The van der Waals surface area contributed by atoms with Crippen LogP contribution in [-0.2, 0) is 13.6 Å². The van der Waals surface area contributed by atoms with Crippen LogP contribution in [-0.4, -0.2) is 19.9 Å². The van der Waals surface area contributed by atoms with Gasteiger partial charge in [0, 0.05) is 18.7 Å². The molecule has 1 aliphatic rings. The molecule has 1 heterocycles. The van der Waals surface area contributed by atoms with Gasteiger partial charge in [0.1, 0.15) is 11.6 Å². The normalized spacial score (nSPS) is 16.0. The average molecular weight is 286 g/mol. The lowest BCUT2D eigenvalue weighted by Crippen LogP contribution is -2.06. The van der Waals surface area contributed by atoms with Crippen molar-refractivity contribution in [3.05, 3.63) is 35.9 Å². The number of nitrogens with zero attached hydrogens (tertiary/aromatic N) is 3. The van der Waals surface area contributed by atoms with Crippen molar-refractivity contribution in [1.82, 2.24) is 14.8 Å². The molecule has 112 valence electrons. The molecule has 0 radical (unpaired) electrons. The second kappa shape index (κ2) is 6.16. The highest BCUT2D eigenvalue weighted by atomic mass is 16.3. The maximum Gasteiger partial charge on any atom is 0.154 e. The molecular formula is C16H22N4O. The SMILES string of the molecule is Cn1nc(C2CCCCC2)nc1CNc1ccc(O)cc1. The standard InChI is InChI=1S/C16H22N4O/c1-20-15(11-17-13-7-9-14(21)10-8-13)18-16(19-20)12-5-3-2-4-6-12/h7-10,12,17,21H,2-6,11H2,1H3. The number of aromatic nitrogens is 3. The van der Waals surface area contributed by atoms with E-state index in [9.17, 15) is 5.11 Å².